The Labute approximate surface area is 172 Å². The lowest BCUT2D eigenvalue weighted by Gasteiger charge is -2.37. The fourth-order valence-corrected chi connectivity index (χ4v) is 4.36. The highest BCUT2D eigenvalue weighted by atomic mass is 35.5. The second-order valence-corrected chi connectivity index (χ2v) is 8.25. The highest BCUT2D eigenvalue weighted by molar-refractivity contribution is 7.80. The van der Waals surface area contributed by atoms with Crippen molar-refractivity contribution in [2.24, 2.45) is 0 Å². The Bertz CT molecular complexity index is 747. The summed E-state index contributed by atoms with van der Waals surface area (Å²) in [5, 5.41) is 8.08. The van der Waals surface area contributed by atoms with Gasteiger partial charge in [-0.25, -0.2) is 0 Å². The first-order valence-corrected chi connectivity index (χ1v) is 10.4. The van der Waals surface area contributed by atoms with E-state index in [-0.39, 0.29) is 6.04 Å². The van der Waals surface area contributed by atoms with Crippen LogP contribution >= 0.6 is 23.8 Å². The molecule has 0 bridgehead atoms. The lowest BCUT2D eigenvalue weighted by Crippen LogP contribution is -3.27. The van der Waals surface area contributed by atoms with Crippen molar-refractivity contribution in [2.45, 2.75) is 19.0 Å². The van der Waals surface area contributed by atoms with Crippen molar-refractivity contribution in [1.29, 1.82) is 0 Å². The number of quaternary nitrogens is 2. The Hall–Kier alpha value is -1.66. The SMILES string of the molecule is C[C@@H](NC(=S)Nc1cccc(Cl)c1)[C@H](c1ccccc1)[NH+]1CC[NH+](C)CC1. The van der Waals surface area contributed by atoms with E-state index in [2.05, 4.69) is 54.9 Å². The lowest BCUT2D eigenvalue weighted by atomic mass is 9.98. The standard InChI is InChI=1S/C21H27ClN4S/c1-16(23-21(27)24-19-10-6-9-18(22)15-19)20(17-7-4-3-5-8-17)26-13-11-25(2)12-14-26/h3-10,15-16,20H,11-14H2,1-2H3,(H2,23,24,27)/p+2/t16-,20-/m1/s1. The first-order valence-electron chi connectivity index (χ1n) is 9.57. The molecule has 1 saturated heterocycles. The minimum atomic E-state index is 0.208. The van der Waals surface area contributed by atoms with Gasteiger partial charge in [-0.15, -0.1) is 0 Å². The molecule has 1 aliphatic rings. The maximum atomic E-state index is 6.07. The van der Waals surface area contributed by atoms with E-state index < -0.39 is 0 Å². The molecule has 0 spiro atoms. The van der Waals surface area contributed by atoms with Crippen LogP contribution in [-0.4, -0.2) is 44.4 Å². The number of piperazine rings is 1. The van der Waals surface area contributed by atoms with Gasteiger partial charge in [-0.2, -0.15) is 0 Å². The van der Waals surface area contributed by atoms with Crippen LogP contribution in [0.1, 0.15) is 18.5 Å². The molecule has 1 fully saturated rings. The number of thiocarbonyl (C=S) groups is 1. The molecule has 2 atom stereocenters. The molecule has 27 heavy (non-hydrogen) atoms. The molecule has 3 rings (SSSR count). The number of likely N-dealkylation sites (N-methyl/N-ethyl adjacent to an activating group) is 1. The van der Waals surface area contributed by atoms with Gasteiger partial charge in [0.05, 0.1) is 13.1 Å². The Kier molecular flexibility index (Phi) is 7.07. The van der Waals surface area contributed by atoms with Gasteiger partial charge in [0.25, 0.3) is 0 Å². The second kappa shape index (κ2) is 9.51. The van der Waals surface area contributed by atoms with Crippen molar-refractivity contribution in [3.63, 3.8) is 0 Å². The summed E-state index contributed by atoms with van der Waals surface area (Å²) >= 11 is 11.6. The minimum absolute atomic E-state index is 0.208. The average Bonchev–Trinajstić information content (AvgIpc) is 2.64. The van der Waals surface area contributed by atoms with Gasteiger partial charge in [0.15, 0.2) is 5.11 Å². The van der Waals surface area contributed by atoms with E-state index in [4.69, 9.17) is 23.8 Å². The van der Waals surface area contributed by atoms with Crippen LogP contribution in [-0.2, 0) is 0 Å². The first-order chi connectivity index (χ1) is 13.0. The van der Waals surface area contributed by atoms with Crippen LogP contribution in [0.15, 0.2) is 54.6 Å². The van der Waals surface area contributed by atoms with Crippen LogP contribution in [0.3, 0.4) is 0 Å². The molecule has 6 heteroatoms. The summed E-state index contributed by atoms with van der Waals surface area (Å²) < 4.78 is 0. The van der Waals surface area contributed by atoms with Gasteiger partial charge >= 0.3 is 0 Å². The number of rotatable bonds is 5. The van der Waals surface area contributed by atoms with E-state index in [1.807, 2.05) is 24.3 Å². The summed E-state index contributed by atoms with van der Waals surface area (Å²) in [6.07, 6.45) is 0. The van der Waals surface area contributed by atoms with E-state index in [0.717, 1.165) is 5.69 Å². The Balaban J connectivity index is 1.70. The molecule has 4 nitrogen and oxygen atoms in total. The molecule has 2 aromatic rings. The molecule has 2 aromatic carbocycles. The van der Waals surface area contributed by atoms with Crippen molar-refractivity contribution in [3.8, 4) is 0 Å². The fourth-order valence-electron chi connectivity index (χ4n) is 3.87. The summed E-state index contributed by atoms with van der Waals surface area (Å²) in [5.74, 6) is 0. The maximum absolute atomic E-state index is 6.07. The number of hydrogen-bond acceptors (Lipinski definition) is 1. The zero-order valence-electron chi connectivity index (χ0n) is 16.0. The number of hydrogen-bond donors (Lipinski definition) is 4. The molecular formula is C21H29ClN4S+2. The van der Waals surface area contributed by atoms with Gasteiger partial charge in [-0.05, 0) is 37.3 Å². The molecule has 1 heterocycles. The molecule has 4 N–H and O–H groups in total. The second-order valence-electron chi connectivity index (χ2n) is 7.40. The molecule has 1 aliphatic heterocycles. The van der Waals surface area contributed by atoms with Crippen LogP contribution in [0.2, 0.25) is 5.02 Å². The Morgan fingerprint density at radius 1 is 1.04 bits per heavy atom. The highest BCUT2D eigenvalue weighted by Gasteiger charge is 2.33. The number of nitrogens with one attached hydrogen (secondary N) is 4. The summed E-state index contributed by atoms with van der Waals surface area (Å²) in [6.45, 7) is 6.98. The molecule has 0 saturated carbocycles. The summed E-state index contributed by atoms with van der Waals surface area (Å²) in [6, 6.07) is 19.0. The molecule has 0 aliphatic carbocycles. The number of benzene rings is 2. The zero-order chi connectivity index (χ0) is 19.2. The van der Waals surface area contributed by atoms with Crippen LogP contribution in [0, 0.1) is 0 Å². The first kappa shape index (κ1) is 20.1. The Morgan fingerprint density at radius 2 is 1.74 bits per heavy atom. The van der Waals surface area contributed by atoms with Gasteiger partial charge in [0.1, 0.15) is 32.2 Å². The molecule has 0 radical (unpaired) electrons. The van der Waals surface area contributed by atoms with Crippen LogP contribution in [0.5, 0.6) is 0 Å². The maximum Gasteiger partial charge on any atom is 0.171 e. The van der Waals surface area contributed by atoms with Gasteiger partial charge < -0.3 is 20.4 Å². The Morgan fingerprint density at radius 3 is 2.41 bits per heavy atom. The largest absolute Gasteiger partial charge is 0.354 e. The number of halogens is 1. The minimum Gasteiger partial charge on any atom is -0.354 e. The van der Waals surface area contributed by atoms with Gasteiger partial charge in [-0.1, -0.05) is 48.0 Å². The van der Waals surface area contributed by atoms with E-state index in [9.17, 15) is 0 Å². The predicted octanol–water partition coefficient (Wildman–Crippen LogP) is 1.17. The normalized spacial score (nSPS) is 21.9. The van der Waals surface area contributed by atoms with Crippen molar-refractivity contribution in [3.05, 3.63) is 65.2 Å². The topological polar surface area (TPSA) is 32.9 Å². The third kappa shape index (κ3) is 5.66. The summed E-state index contributed by atoms with van der Waals surface area (Å²) in [7, 11) is 2.28. The predicted molar refractivity (Wildman–Crippen MR) is 117 cm³/mol. The molecular weight excluding hydrogens is 376 g/mol. The molecule has 144 valence electrons. The molecule has 0 amide bonds. The van der Waals surface area contributed by atoms with E-state index in [1.165, 1.54) is 31.7 Å². The summed E-state index contributed by atoms with van der Waals surface area (Å²) in [5.41, 5.74) is 2.26. The lowest BCUT2D eigenvalue weighted by molar-refractivity contribution is -1.02. The van der Waals surface area contributed by atoms with Gasteiger partial charge in [0, 0.05) is 16.3 Å². The quantitative estimate of drug-likeness (QED) is 0.565. The van der Waals surface area contributed by atoms with Gasteiger partial charge in [-0.3, -0.25) is 0 Å². The summed E-state index contributed by atoms with van der Waals surface area (Å²) in [4.78, 5) is 3.24. The zero-order valence-corrected chi connectivity index (χ0v) is 17.5. The van der Waals surface area contributed by atoms with Crippen molar-refractivity contribution in [1.82, 2.24) is 5.32 Å². The van der Waals surface area contributed by atoms with Crippen LogP contribution in [0.4, 0.5) is 5.69 Å². The van der Waals surface area contributed by atoms with E-state index >= 15 is 0 Å². The number of anilines is 1. The van der Waals surface area contributed by atoms with E-state index in [0.29, 0.717) is 16.2 Å². The molecule has 0 unspecified atom stereocenters. The van der Waals surface area contributed by atoms with Crippen molar-refractivity contribution >= 4 is 34.6 Å². The monoisotopic (exact) mass is 404 g/mol. The van der Waals surface area contributed by atoms with Crippen LogP contribution in [0.25, 0.3) is 0 Å². The molecule has 0 aromatic heterocycles. The van der Waals surface area contributed by atoms with Crippen molar-refractivity contribution < 1.29 is 9.80 Å². The van der Waals surface area contributed by atoms with Crippen molar-refractivity contribution in [2.75, 3.05) is 38.5 Å². The van der Waals surface area contributed by atoms with E-state index in [1.54, 1.807) is 9.80 Å². The third-order valence-corrected chi connectivity index (χ3v) is 5.74. The smallest absolute Gasteiger partial charge is 0.171 e. The van der Waals surface area contributed by atoms with Crippen LogP contribution < -0.4 is 20.4 Å². The highest BCUT2D eigenvalue weighted by Crippen LogP contribution is 2.16. The third-order valence-electron chi connectivity index (χ3n) is 5.29. The fraction of sp³-hybridized carbons (Fsp3) is 0.381. The van der Waals surface area contributed by atoms with Gasteiger partial charge in [0.2, 0.25) is 0 Å². The average molecular weight is 405 g/mol.